The lowest BCUT2D eigenvalue weighted by atomic mass is 10.2. The van der Waals surface area contributed by atoms with Gasteiger partial charge < -0.3 is 20.7 Å². The molecule has 1 aliphatic heterocycles. The molecule has 0 saturated carbocycles. The molecule has 106 valence electrons. The van der Waals surface area contributed by atoms with Gasteiger partial charge in [0.2, 0.25) is 5.91 Å². The van der Waals surface area contributed by atoms with Gasteiger partial charge in [0.15, 0.2) is 0 Å². The molecule has 0 spiro atoms. The van der Waals surface area contributed by atoms with Gasteiger partial charge in [0, 0.05) is 20.6 Å². The first-order valence-electron chi connectivity index (χ1n) is 5.81. The zero-order valence-corrected chi connectivity index (χ0v) is 11.8. The van der Waals surface area contributed by atoms with Gasteiger partial charge in [-0.25, -0.2) is 0 Å². The van der Waals surface area contributed by atoms with Gasteiger partial charge >= 0.3 is 0 Å². The van der Waals surface area contributed by atoms with Crippen molar-refractivity contribution < 1.29 is 14.3 Å². The van der Waals surface area contributed by atoms with E-state index in [1.807, 2.05) is 0 Å². The van der Waals surface area contributed by atoms with Gasteiger partial charge in [-0.05, 0) is 19.8 Å². The van der Waals surface area contributed by atoms with E-state index in [1.54, 1.807) is 21.0 Å². The van der Waals surface area contributed by atoms with Crippen LogP contribution in [-0.4, -0.2) is 55.6 Å². The van der Waals surface area contributed by atoms with Crippen molar-refractivity contribution in [2.45, 2.75) is 38.0 Å². The van der Waals surface area contributed by atoms with E-state index in [9.17, 15) is 9.59 Å². The maximum atomic E-state index is 11.6. The van der Waals surface area contributed by atoms with Crippen LogP contribution in [0.5, 0.6) is 0 Å². The van der Waals surface area contributed by atoms with Crippen LogP contribution in [-0.2, 0) is 14.3 Å². The summed E-state index contributed by atoms with van der Waals surface area (Å²) in [4.78, 5) is 24.4. The Labute approximate surface area is 114 Å². The fourth-order valence-electron chi connectivity index (χ4n) is 1.70. The molecule has 0 bridgehead atoms. The average Bonchev–Trinajstić information content (AvgIpc) is 2.72. The minimum atomic E-state index is -0.518. The quantitative estimate of drug-likeness (QED) is 0.727. The Bertz CT molecular complexity index is 297. The lowest BCUT2D eigenvalue weighted by molar-refractivity contribution is -0.140. The molecule has 3 N–H and O–H groups in total. The van der Waals surface area contributed by atoms with Crippen LogP contribution >= 0.6 is 12.4 Å². The molecule has 1 rings (SSSR count). The first-order chi connectivity index (χ1) is 7.91. The third kappa shape index (κ3) is 4.80. The third-order valence-electron chi connectivity index (χ3n) is 2.74. The van der Waals surface area contributed by atoms with Crippen molar-refractivity contribution >= 4 is 24.2 Å². The lowest BCUT2D eigenvalue weighted by Gasteiger charge is -2.17. The van der Waals surface area contributed by atoms with Crippen molar-refractivity contribution in [1.29, 1.82) is 0 Å². The van der Waals surface area contributed by atoms with Gasteiger partial charge in [-0.2, -0.15) is 0 Å². The van der Waals surface area contributed by atoms with Crippen molar-refractivity contribution in [3.63, 3.8) is 0 Å². The summed E-state index contributed by atoms with van der Waals surface area (Å²) >= 11 is 0. The molecule has 3 atom stereocenters. The van der Waals surface area contributed by atoms with Crippen molar-refractivity contribution in [2.24, 2.45) is 5.73 Å². The van der Waals surface area contributed by atoms with E-state index >= 15 is 0 Å². The van der Waals surface area contributed by atoms with Crippen molar-refractivity contribution in [2.75, 3.05) is 20.6 Å². The normalized spacial score (nSPS) is 24.0. The van der Waals surface area contributed by atoms with E-state index in [4.69, 9.17) is 10.5 Å². The van der Waals surface area contributed by atoms with Crippen LogP contribution in [0.1, 0.15) is 19.8 Å². The largest absolute Gasteiger partial charge is 0.363 e. The summed E-state index contributed by atoms with van der Waals surface area (Å²) in [5.74, 6) is -0.220. The molecular weight excluding hydrogens is 258 g/mol. The minimum Gasteiger partial charge on any atom is -0.363 e. The highest BCUT2D eigenvalue weighted by Crippen LogP contribution is 2.20. The van der Waals surface area contributed by atoms with Crippen LogP contribution < -0.4 is 11.1 Å². The molecule has 1 fully saturated rings. The van der Waals surface area contributed by atoms with Crippen LogP contribution in [0.15, 0.2) is 0 Å². The molecular formula is C11H22ClN3O3. The number of hydrogen-bond acceptors (Lipinski definition) is 4. The molecule has 0 aromatic rings. The number of hydrogen-bond donors (Lipinski definition) is 2. The second-order valence-electron chi connectivity index (χ2n) is 4.59. The summed E-state index contributed by atoms with van der Waals surface area (Å²) in [6.45, 7) is 2.04. The Balaban J connectivity index is 0.00000289. The predicted molar refractivity (Wildman–Crippen MR) is 70.5 cm³/mol. The number of carbonyl (C=O) groups excluding carboxylic acids is 2. The summed E-state index contributed by atoms with van der Waals surface area (Å²) in [6.07, 6.45) is 1.02. The maximum Gasteiger partial charge on any atom is 0.251 e. The van der Waals surface area contributed by atoms with Crippen LogP contribution in [0.2, 0.25) is 0 Å². The predicted octanol–water partition coefficient (Wildman–Crippen LogP) is -0.493. The zero-order valence-electron chi connectivity index (χ0n) is 11.0. The summed E-state index contributed by atoms with van der Waals surface area (Å²) in [5.41, 5.74) is 5.42. The monoisotopic (exact) mass is 279 g/mol. The van der Waals surface area contributed by atoms with E-state index < -0.39 is 6.04 Å². The number of nitrogens with zero attached hydrogens (tertiary/aromatic N) is 1. The van der Waals surface area contributed by atoms with E-state index in [0.717, 1.165) is 6.42 Å². The second kappa shape index (κ2) is 7.56. The number of likely N-dealkylation sites (N-methyl/N-ethyl adjacent to an activating group) is 1. The summed E-state index contributed by atoms with van der Waals surface area (Å²) < 4.78 is 5.57. The molecule has 0 aromatic heterocycles. The number of carbonyl (C=O) groups is 2. The van der Waals surface area contributed by atoms with Crippen LogP contribution in [0.3, 0.4) is 0 Å². The molecule has 0 radical (unpaired) electrons. The van der Waals surface area contributed by atoms with Crippen molar-refractivity contribution in [1.82, 2.24) is 10.2 Å². The highest BCUT2D eigenvalue weighted by Gasteiger charge is 2.31. The number of halogens is 1. The topological polar surface area (TPSA) is 84.7 Å². The number of ether oxygens (including phenoxy) is 1. The SMILES string of the molecule is C[C@@H](N)C(=O)NCC1CCC(C(=O)N(C)C)O1.Cl. The molecule has 1 heterocycles. The Morgan fingerprint density at radius 2 is 2.06 bits per heavy atom. The van der Waals surface area contributed by atoms with Crippen molar-refractivity contribution in [3.8, 4) is 0 Å². The fraction of sp³-hybridized carbons (Fsp3) is 0.818. The molecule has 7 heteroatoms. The van der Waals surface area contributed by atoms with Crippen LogP contribution in [0.25, 0.3) is 0 Å². The lowest BCUT2D eigenvalue weighted by Crippen LogP contribution is -2.42. The van der Waals surface area contributed by atoms with Gasteiger partial charge in [-0.15, -0.1) is 12.4 Å². The Kier molecular flexibility index (Phi) is 7.20. The van der Waals surface area contributed by atoms with E-state index in [2.05, 4.69) is 5.32 Å². The van der Waals surface area contributed by atoms with Gasteiger partial charge in [0.1, 0.15) is 6.10 Å². The molecule has 2 unspecified atom stereocenters. The van der Waals surface area contributed by atoms with Crippen LogP contribution in [0, 0.1) is 0 Å². The molecule has 0 aromatic carbocycles. The summed E-state index contributed by atoms with van der Waals surface area (Å²) in [7, 11) is 3.41. The molecule has 1 saturated heterocycles. The molecule has 6 nitrogen and oxygen atoms in total. The first-order valence-corrected chi connectivity index (χ1v) is 5.81. The average molecular weight is 280 g/mol. The zero-order chi connectivity index (χ0) is 13.0. The van der Waals surface area contributed by atoms with Crippen molar-refractivity contribution in [3.05, 3.63) is 0 Å². The molecule has 2 amide bonds. The highest BCUT2D eigenvalue weighted by atomic mass is 35.5. The number of nitrogens with two attached hydrogens (primary N) is 1. The molecule has 1 aliphatic rings. The second-order valence-corrected chi connectivity index (χ2v) is 4.59. The Hall–Kier alpha value is -0.850. The Morgan fingerprint density at radius 3 is 2.56 bits per heavy atom. The standard InChI is InChI=1S/C11H21N3O3.ClH/c1-7(12)10(15)13-6-8-4-5-9(17-8)11(16)14(2)3;/h7-9H,4-6,12H2,1-3H3,(H,13,15);1H/t7-,8?,9?;/m1./s1. The van der Waals surface area contributed by atoms with Gasteiger partial charge in [0.25, 0.3) is 5.91 Å². The Morgan fingerprint density at radius 1 is 1.44 bits per heavy atom. The number of rotatable bonds is 4. The minimum absolute atomic E-state index is 0. The third-order valence-corrected chi connectivity index (χ3v) is 2.74. The summed E-state index contributed by atoms with van der Waals surface area (Å²) in [5, 5.41) is 2.70. The van der Waals surface area contributed by atoms with E-state index in [1.165, 1.54) is 4.90 Å². The summed E-state index contributed by atoms with van der Waals surface area (Å²) in [6, 6.07) is -0.518. The van der Waals surface area contributed by atoms with E-state index in [-0.39, 0.29) is 36.4 Å². The highest BCUT2D eigenvalue weighted by molar-refractivity contribution is 5.85. The number of amides is 2. The molecule has 18 heavy (non-hydrogen) atoms. The maximum absolute atomic E-state index is 11.6. The number of nitrogens with one attached hydrogen (secondary N) is 1. The van der Waals surface area contributed by atoms with Crippen LogP contribution in [0.4, 0.5) is 0 Å². The van der Waals surface area contributed by atoms with Gasteiger partial charge in [0.05, 0.1) is 12.1 Å². The molecule has 0 aliphatic carbocycles. The fourth-order valence-corrected chi connectivity index (χ4v) is 1.70. The first kappa shape index (κ1) is 17.2. The smallest absolute Gasteiger partial charge is 0.251 e. The van der Waals surface area contributed by atoms with Gasteiger partial charge in [-0.1, -0.05) is 0 Å². The van der Waals surface area contributed by atoms with Gasteiger partial charge in [-0.3, -0.25) is 9.59 Å². The van der Waals surface area contributed by atoms with E-state index in [0.29, 0.717) is 13.0 Å².